The van der Waals surface area contributed by atoms with E-state index >= 15 is 0 Å². The molecule has 3 aromatic rings. The van der Waals surface area contributed by atoms with Crippen molar-refractivity contribution < 1.29 is 23.9 Å². The molecule has 0 unspecified atom stereocenters. The zero-order valence-corrected chi connectivity index (χ0v) is 17.2. The van der Waals surface area contributed by atoms with Crippen LogP contribution in [-0.2, 0) is 14.4 Å². The summed E-state index contributed by atoms with van der Waals surface area (Å²) < 4.78 is 11.6. The van der Waals surface area contributed by atoms with E-state index in [1.165, 1.54) is 11.3 Å². The fraction of sp³-hybridized carbons (Fsp3) is 0.227. The van der Waals surface area contributed by atoms with Crippen molar-refractivity contribution in [2.75, 3.05) is 18.7 Å². The van der Waals surface area contributed by atoms with E-state index in [1.807, 2.05) is 24.3 Å². The van der Waals surface area contributed by atoms with Gasteiger partial charge in [-0.2, -0.15) is 5.48 Å². The number of para-hydroxylation sites is 1. The number of anilines is 1. The number of carbonyl (C=O) groups excluding carboxylic acids is 2. The second kappa shape index (κ2) is 11.0. The van der Waals surface area contributed by atoms with Crippen LogP contribution in [0, 0.1) is 0 Å². The normalized spacial score (nSPS) is 10.4. The van der Waals surface area contributed by atoms with Crippen molar-refractivity contribution in [1.82, 2.24) is 4.98 Å². The fourth-order valence-corrected chi connectivity index (χ4v) is 3.36. The highest BCUT2D eigenvalue weighted by molar-refractivity contribution is 7.22. The molecule has 0 atom stereocenters. The summed E-state index contributed by atoms with van der Waals surface area (Å²) in [6, 6.07) is 14.4. The van der Waals surface area contributed by atoms with Crippen molar-refractivity contribution in [3.8, 4) is 5.75 Å². The van der Waals surface area contributed by atoms with Crippen LogP contribution in [0.3, 0.4) is 0 Å². The molecule has 3 rings (SSSR count). The summed E-state index contributed by atoms with van der Waals surface area (Å²) >= 11 is 1.41. The number of unbranched alkanes of at least 4 members (excludes halogenated alkanes) is 2. The van der Waals surface area contributed by atoms with E-state index in [-0.39, 0.29) is 0 Å². The molecule has 0 saturated carbocycles. The number of rotatable bonds is 11. The van der Waals surface area contributed by atoms with Gasteiger partial charge in [-0.05, 0) is 55.7 Å². The van der Waals surface area contributed by atoms with E-state index in [4.69, 9.17) is 14.3 Å². The van der Waals surface area contributed by atoms with Crippen molar-refractivity contribution in [1.29, 1.82) is 0 Å². The van der Waals surface area contributed by atoms with Gasteiger partial charge in [0.05, 0.1) is 29.0 Å². The van der Waals surface area contributed by atoms with E-state index in [1.54, 1.807) is 24.3 Å². The molecule has 0 fully saturated rings. The third-order valence-corrected chi connectivity index (χ3v) is 5.02. The molecule has 30 heavy (non-hydrogen) atoms. The van der Waals surface area contributed by atoms with Crippen LogP contribution in [-0.4, -0.2) is 30.1 Å². The molecule has 0 spiro atoms. The van der Waals surface area contributed by atoms with Crippen LogP contribution in [0.2, 0.25) is 0 Å². The van der Waals surface area contributed by atoms with Gasteiger partial charge in [-0.3, -0.25) is 0 Å². The largest absolute Gasteiger partial charge is 0.494 e. The first kappa shape index (κ1) is 21.3. The van der Waals surface area contributed by atoms with Crippen LogP contribution in [0.5, 0.6) is 5.75 Å². The Morgan fingerprint density at radius 3 is 2.57 bits per heavy atom. The predicted molar refractivity (Wildman–Crippen MR) is 116 cm³/mol. The van der Waals surface area contributed by atoms with Crippen molar-refractivity contribution in [2.24, 2.45) is 0 Å². The maximum Gasteiger partial charge on any atom is 0.362 e. The Balaban J connectivity index is 1.36. The van der Waals surface area contributed by atoms with Crippen molar-refractivity contribution in [2.45, 2.75) is 19.3 Å². The molecule has 0 bridgehead atoms. The number of hydrogen-bond donors (Lipinski definition) is 1. The van der Waals surface area contributed by atoms with Gasteiger partial charge < -0.3 is 14.3 Å². The third kappa shape index (κ3) is 6.31. The number of thiazole rings is 1. The number of hydrogen-bond acceptors (Lipinski definition) is 8. The smallest absolute Gasteiger partial charge is 0.362 e. The van der Waals surface area contributed by atoms with Crippen LogP contribution in [0.4, 0.5) is 5.13 Å². The summed E-state index contributed by atoms with van der Waals surface area (Å²) in [6.07, 6.45) is 3.64. The van der Waals surface area contributed by atoms with Crippen molar-refractivity contribution in [3.05, 3.63) is 66.7 Å². The highest BCUT2D eigenvalue weighted by Gasteiger charge is 2.10. The zero-order chi connectivity index (χ0) is 21.2. The molecule has 0 aliphatic heterocycles. The van der Waals surface area contributed by atoms with Crippen LogP contribution in [0.15, 0.2) is 61.2 Å². The highest BCUT2D eigenvalue weighted by atomic mass is 32.1. The van der Waals surface area contributed by atoms with Gasteiger partial charge in [-0.15, -0.1) is 0 Å². The SMILES string of the molecule is C=CC(=O)OCCCCCOc1ccc(C(=O)ONc2nc3ccccc3s2)cc1. The molecule has 156 valence electrons. The minimum atomic E-state index is -0.505. The summed E-state index contributed by atoms with van der Waals surface area (Å²) in [7, 11) is 0. The second-order valence-electron chi connectivity index (χ2n) is 6.28. The van der Waals surface area contributed by atoms with Crippen LogP contribution < -0.4 is 10.2 Å². The summed E-state index contributed by atoms with van der Waals surface area (Å²) in [5.74, 6) is -0.237. The van der Waals surface area contributed by atoms with Gasteiger partial charge in [0.15, 0.2) is 0 Å². The van der Waals surface area contributed by atoms with E-state index in [0.717, 1.165) is 35.6 Å². The molecule has 2 aromatic carbocycles. The second-order valence-corrected chi connectivity index (χ2v) is 7.31. The number of nitrogens with one attached hydrogen (secondary N) is 1. The maximum atomic E-state index is 12.2. The summed E-state index contributed by atoms with van der Waals surface area (Å²) in [4.78, 5) is 32.6. The van der Waals surface area contributed by atoms with E-state index in [9.17, 15) is 9.59 Å². The molecular formula is C22H22N2O5S. The molecule has 8 heteroatoms. The van der Waals surface area contributed by atoms with Crippen LogP contribution in [0.1, 0.15) is 29.6 Å². The first-order valence-electron chi connectivity index (χ1n) is 9.50. The zero-order valence-electron chi connectivity index (χ0n) is 16.3. The average molecular weight is 426 g/mol. The highest BCUT2D eigenvalue weighted by Crippen LogP contribution is 2.25. The van der Waals surface area contributed by atoms with E-state index in [2.05, 4.69) is 17.0 Å². The fourth-order valence-electron chi connectivity index (χ4n) is 2.55. The van der Waals surface area contributed by atoms with Gasteiger partial charge in [0.1, 0.15) is 5.75 Å². The number of benzene rings is 2. The lowest BCUT2D eigenvalue weighted by molar-refractivity contribution is -0.137. The van der Waals surface area contributed by atoms with E-state index < -0.39 is 11.9 Å². The number of ether oxygens (including phenoxy) is 2. The molecule has 0 aliphatic rings. The first-order valence-corrected chi connectivity index (χ1v) is 10.3. The monoisotopic (exact) mass is 426 g/mol. The first-order chi connectivity index (χ1) is 14.7. The Bertz CT molecular complexity index is 967. The molecule has 0 amide bonds. The van der Waals surface area contributed by atoms with Crippen molar-refractivity contribution >= 4 is 38.6 Å². The Morgan fingerprint density at radius 2 is 1.80 bits per heavy atom. The molecule has 1 heterocycles. The Labute approximate surface area is 178 Å². The van der Waals surface area contributed by atoms with Gasteiger partial charge in [-0.1, -0.05) is 30.0 Å². The molecule has 0 saturated heterocycles. The lowest BCUT2D eigenvalue weighted by Gasteiger charge is -2.07. The lowest BCUT2D eigenvalue weighted by Crippen LogP contribution is -2.10. The van der Waals surface area contributed by atoms with Crippen LogP contribution >= 0.6 is 11.3 Å². The van der Waals surface area contributed by atoms with Crippen LogP contribution in [0.25, 0.3) is 10.2 Å². The number of carbonyl (C=O) groups is 2. The Hall–Kier alpha value is -3.39. The molecule has 1 aromatic heterocycles. The number of esters is 1. The topological polar surface area (TPSA) is 86.8 Å². The Kier molecular flexibility index (Phi) is 7.79. The molecule has 1 N–H and O–H groups in total. The van der Waals surface area contributed by atoms with Gasteiger partial charge >= 0.3 is 11.9 Å². The van der Waals surface area contributed by atoms with Crippen molar-refractivity contribution in [3.63, 3.8) is 0 Å². The van der Waals surface area contributed by atoms with Gasteiger partial charge in [0.25, 0.3) is 0 Å². The van der Waals surface area contributed by atoms with E-state index in [0.29, 0.717) is 29.7 Å². The molecule has 0 aliphatic carbocycles. The third-order valence-electron chi connectivity index (χ3n) is 4.08. The van der Waals surface area contributed by atoms with Gasteiger partial charge in [0, 0.05) is 6.08 Å². The minimum absolute atomic E-state index is 0.382. The average Bonchev–Trinajstić information content (AvgIpc) is 3.20. The number of nitrogens with zero attached hydrogens (tertiary/aromatic N) is 1. The maximum absolute atomic E-state index is 12.2. The van der Waals surface area contributed by atoms with Gasteiger partial charge in [-0.25, -0.2) is 14.6 Å². The summed E-state index contributed by atoms with van der Waals surface area (Å²) in [5.41, 5.74) is 3.86. The molecule has 0 radical (unpaired) electrons. The Morgan fingerprint density at radius 1 is 1.03 bits per heavy atom. The predicted octanol–water partition coefficient (Wildman–Crippen LogP) is 4.76. The van der Waals surface area contributed by atoms with Gasteiger partial charge in [0.2, 0.25) is 5.13 Å². The minimum Gasteiger partial charge on any atom is -0.494 e. The standard InChI is InChI=1S/C22H22N2O5S/c1-2-20(25)28-15-7-3-6-14-27-17-12-10-16(11-13-17)21(26)29-24-22-23-18-8-4-5-9-19(18)30-22/h2,4-5,8-13H,1,3,6-7,14-15H2,(H,23,24). The summed E-state index contributed by atoms with van der Waals surface area (Å²) in [6.45, 7) is 4.26. The lowest BCUT2D eigenvalue weighted by atomic mass is 10.2. The quantitative estimate of drug-likeness (QED) is 0.205. The number of fused-ring (bicyclic) bond motifs is 1. The molecule has 7 nitrogen and oxygen atoms in total. The number of aromatic nitrogens is 1. The molecular weight excluding hydrogens is 404 g/mol. The summed E-state index contributed by atoms with van der Waals surface area (Å²) in [5, 5.41) is 0.517.